The number of hydrogen-bond acceptors (Lipinski definition) is 8. The zero-order valence-corrected chi connectivity index (χ0v) is 15.4. The number of nitrogens with zero attached hydrogens (tertiary/aromatic N) is 3. The minimum atomic E-state index is 0.121. The Morgan fingerprint density at radius 1 is 0.875 bits per heavy atom. The monoisotopic (exact) mass is 342 g/mol. The molecule has 0 saturated heterocycles. The minimum absolute atomic E-state index is 0.121. The summed E-state index contributed by atoms with van der Waals surface area (Å²) in [6.45, 7) is 7.73. The van der Waals surface area contributed by atoms with Gasteiger partial charge in [-0.15, -0.1) is 4.98 Å². The molecule has 24 heavy (non-hydrogen) atoms. The predicted octanol–water partition coefficient (Wildman–Crippen LogP) is 2.30. The lowest BCUT2D eigenvalue weighted by atomic mass is 10.3. The van der Waals surface area contributed by atoms with Crippen molar-refractivity contribution in [2.24, 2.45) is 0 Å². The molecule has 0 aliphatic carbocycles. The molecule has 0 saturated carbocycles. The average Bonchev–Trinajstić information content (AvgIpc) is 2.59. The van der Waals surface area contributed by atoms with Crippen LogP contribution in [-0.4, -0.2) is 61.1 Å². The van der Waals surface area contributed by atoms with E-state index in [0.717, 1.165) is 25.8 Å². The largest absolute Gasteiger partial charge is 0.463 e. The quantitative estimate of drug-likeness (QED) is 0.584. The Kier molecular flexibility index (Phi) is 10.0. The number of methoxy groups -OCH3 is 2. The summed E-state index contributed by atoms with van der Waals surface area (Å²) in [6.07, 6.45) is 2.71. The van der Waals surface area contributed by atoms with Gasteiger partial charge in [0.25, 0.3) is 0 Å². The van der Waals surface area contributed by atoms with E-state index in [4.69, 9.17) is 18.9 Å². The molecule has 1 heterocycles. The molecule has 2 unspecified atom stereocenters. The van der Waals surface area contributed by atoms with Crippen LogP contribution < -0.4 is 14.8 Å². The Morgan fingerprint density at radius 3 is 1.79 bits per heavy atom. The minimum Gasteiger partial charge on any atom is -0.463 e. The van der Waals surface area contributed by atoms with Crippen LogP contribution in [0.3, 0.4) is 0 Å². The fraction of sp³-hybridized carbons (Fsp3) is 0.812. The van der Waals surface area contributed by atoms with E-state index in [2.05, 4.69) is 27.2 Å². The lowest BCUT2D eigenvalue weighted by Crippen LogP contribution is -2.15. The maximum Gasteiger partial charge on any atom is 0.324 e. The second-order valence-electron chi connectivity index (χ2n) is 5.52. The van der Waals surface area contributed by atoms with Gasteiger partial charge in [0.1, 0.15) is 0 Å². The van der Waals surface area contributed by atoms with Crippen molar-refractivity contribution < 1.29 is 18.9 Å². The highest BCUT2D eigenvalue weighted by Crippen LogP contribution is 2.14. The second kappa shape index (κ2) is 11.8. The Balaban J connectivity index is 2.64. The summed E-state index contributed by atoms with van der Waals surface area (Å²) in [4.78, 5) is 12.7. The fourth-order valence-corrected chi connectivity index (χ4v) is 1.65. The van der Waals surface area contributed by atoms with Gasteiger partial charge in [-0.3, -0.25) is 0 Å². The van der Waals surface area contributed by atoms with Gasteiger partial charge in [-0.2, -0.15) is 9.97 Å². The Hall–Kier alpha value is -1.67. The molecule has 0 bridgehead atoms. The predicted molar refractivity (Wildman–Crippen MR) is 91.8 cm³/mol. The van der Waals surface area contributed by atoms with Crippen molar-refractivity contribution >= 4 is 5.95 Å². The number of aromatic nitrogens is 3. The maximum absolute atomic E-state index is 5.60. The summed E-state index contributed by atoms with van der Waals surface area (Å²) in [5.74, 6) is 0.455. The Morgan fingerprint density at radius 2 is 1.38 bits per heavy atom. The number of anilines is 1. The lowest BCUT2D eigenvalue weighted by molar-refractivity contribution is 0.0915. The lowest BCUT2D eigenvalue weighted by Gasteiger charge is -2.12. The molecule has 1 aromatic rings. The second-order valence-corrected chi connectivity index (χ2v) is 5.52. The maximum atomic E-state index is 5.60. The van der Waals surface area contributed by atoms with Crippen LogP contribution in [0.2, 0.25) is 0 Å². The molecule has 0 aliphatic rings. The highest BCUT2D eigenvalue weighted by molar-refractivity contribution is 5.27. The molecule has 0 amide bonds. The molecule has 2 atom stereocenters. The third kappa shape index (κ3) is 8.26. The molecule has 8 heteroatoms. The standard InChI is InChI=1S/C16H30N4O4/c1-6-9-17-14-18-15(23-10-7-12(2)21-4)20-16(19-14)24-11-8-13(3)22-5/h12-13H,6-11H2,1-5H3,(H,17,18,19,20). The van der Waals surface area contributed by atoms with Gasteiger partial charge in [0, 0.05) is 33.6 Å². The van der Waals surface area contributed by atoms with Crippen LogP contribution in [0.5, 0.6) is 12.0 Å². The van der Waals surface area contributed by atoms with Gasteiger partial charge in [0.15, 0.2) is 0 Å². The van der Waals surface area contributed by atoms with Crippen molar-refractivity contribution in [1.82, 2.24) is 15.0 Å². The van der Waals surface area contributed by atoms with Crippen molar-refractivity contribution in [3.8, 4) is 12.0 Å². The molecule has 0 aromatic carbocycles. The molecular formula is C16H30N4O4. The van der Waals surface area contributed by atoms with Crippen molar-refractivity contribution in [1.29, 1.82) is 0 Å². The van der Waals surface area contributed by atoms with Crippen molar-refractivity contribution in [2.75, 3.05) is 39.3 Å². The zero-order chi connectivity index (χ0) is 17.8. The number of nitrogens with one attached hydrogen (secondary N) is 1. The topological polar surface area (TPSA) is 87.6 Å². The molecule has 8 nitrogen and oxygen atoms in total. The molecule has 1 rings (SSSR count). The molecule has 0 fully saturated rings. The van der Waals surface area contributed by atoms with Gasteiger partial charge in [-0.1, -0.05) is 6.92 Å². The van der Waals surface area contributed by atoms with Crippen LogP contribution in [0.1, 0.15) is 40.0 Å². The van der Waals surface area contributed by atoms with Gasteiger partial charge >= 0.3 is 12.0 Å². The van der Waals surface area contributed by atoms with Crippen LogP contribution in [0.4, 0.5) is 5.95 Å². The Bertz CT molecular complexity index is 427. The van der Waals surface area contributed by atoms with Crippen LogP contribution in [0.25, 0.3) is 0 Å². The van der Waals surface area contributed by atoms with E-state index in [1.165, 1.54) is 0 Å². The van der Waals surface area contributed by atoms with E-state index in [1.807, 2.05) is 13.8 Å². The third-order valence-corrected chi connectivity index (χ3v) is 3.44. The first-order valence-electron chi connectivity index (χ1n) is 8.40. The van der Waals surface area contributed by atoms with E-state index < -0.39 is 0 Å². The van der Waals surface area contributed by atoms with Gasteiger partial charge in [0.2, 0.25) is 5.95 Å². The fourth-order valence-electron chi connectivity index (χ4n) is 1.65. The van der Waals surface area contributed by atoms with Crippen molar-refractivity contribution in [3.05, 3.63) is 0 Å². The SMILES string of the molecule is CCCNc1nc(OCCC(C)OC)nc(OCCC(C)OC)n1. The number of rotatable bonds is 13. The van der Waals surface area contributed by atoms with E-state index in [9.17, 15) is 0 Å². The first kappa shape index (κ1) is 20.4. The van der Waals surface area contributed by atoms with Gasteiger partial charge in [-0.05, 0) is 20.3 Å². The van der Waals surface area contributed by atoms with E-state index >= 15 is 0 Å². The van der Waals surface area contributed by atoms with E-state index in [1.54, 1.807) is 14.2 Å². The summed E-state index contributed by atoms with van der Waals surface area (Å²) in [7, 11) is 3.35. The summed E-state index contributed by atoms with van der Waals surface area (Å²) in [6, 6.07) is 0.503. The summed E-state index contributed by atoms with van der Waals surface area (Å²) < 4.78 is 21.6. The highest BCUT2D eigenvalue weighted by Gasteiger charge is 2.10. The summed E-state index contributed by atoms with van der Waals surface area (Å²) in [5, 5.41) is 3.12. The van der Waals surface area contributed by atoms with Gasteiger partial charge < -0.3 is 24.3 Å². The number of hydrogen-bond donors (Lipinski definition) is 1. The molecule has 0 radical (unpaired) electrons. The summed E-state index contributed by atoms with van der Waals surface area (Å²) >= 11 is 0. The average molecular weight is 342 g/mol. The smallest absolute Gasteiger partial charge is 0.324 e. The van der Waals surface area contributed by atoms with Crippen LogP contribution in [0.15, 0.2) is 0 Å². The Labute approximate surface area is 144 Å². The van der Waals surface area contributed by atoms with Crippen molar-refractivity contribution in [3.63, 3.8) is 0 Å². The highest BCUT2D eigenvalue weighted by atomic mass is 16.5. The molecular weight excluding hydrogens is 312 g/mol. The zero-order valence-electron chi connectivity index (χ0n) is 15.4. The normalized spacial score (nSPS) is 13.4. The molecule has 1 N–H and O–H groups in total. The molecule has 138 valence electrons. The van der Waals surface area contributed by atoms with Crippen LogP contribution >= 0.6 is 0 Å². The van der Waals surface area contributed by atoms with E-state index in [-0.39, 0.29) is 24.2 Å². The molecule has 1 aromatic heterocycles. The van der Waals surface area contributed by atoms with Gasteiger partial charge in [0.05, 0.1) is 25.4 Å². The third-order valence-electron chi connectivity index (χ3n) is 3.44. The van der Waals surface area contributed by atoms with Gasteiger partial charge in [-0.25, -0.2) is 0 Å². The van der Waals surface area contributed by atoms with Crippen molar-refractivity contribution in [2.45, 2.75) is 52.2 Å². The molecule has 0 spiro atoms. The first-order valence-corrected chi connectivity index (χ1v) is 8.40. The first-order chi connectivity index (χ1) is 11.6. The molecule has 0 aliphatic heterocycles. The van der Waals surface area contributed by atoms with Crippen LogP contribution in [-0.2, 0) is 9.47 Å². The van der Waals surface area contributed by atoms with Crippen LogP contribution in [0, 0.1) is 0 Å². The number of ether oxygens (including phenoxy) is 4. The van der Waals surface area contributed by atoms with E-state index in [0.29, 0.717) is 19.2 Å². The summed E-state index contributed by atoms with van der Waals surface area (Å²) in [5.41, 5.74) is 0.